The standard InChI is InChI=1S/C19H21NO3/c1-3-15-9-11-17(12-10-15)19(22)23-13-18(21)20-14(2)16-7-5-4-6-8-16/h4-12,14H,3,13H2,1-2H3,(H,20,21)/t14-/m0/s1. The van der Waals surface area contributed by atoms with E-state index in [0.29, 0.717) is 5.56 Å². The molecule has 0 saturated heterocycles. The molecule has 0 spiro atoms. The Labute approximate surface area is 136 Å². The van der Waals surface area contributed by atoms with Crippen LogP contribution in [0.15, 0.2) is 54.6 Å². The lowest BCUT2D eigenvalue weighted by Gasteiger charge is -2.14. The summed E-state index contributed by atoms with van der Waals surface area (Å²) in [6, 6.07) is 16.7. The fourth-order valence-electron chi connectivity index (χ4n) is 2.20. The molecule has 0 radical (unpaired) electrons. The van der Waals surface area contributed by atoms with Crippen LogP contribution in [0.4, 0.5) is 0 Å². The maximum atomic E-state index is 11.9. The van der Waals surface area contributed by atoms with Gasteiger partial charge in [-0.15, -0.1) is 0 Å². The molecule has 4 nitrogen and oxygen atoms in total. The number of amides is 1. The highest BCUT2D eigenvalue weighted by molar-refractivity contribution is 5.91. The molecule has 0 fully saturated rings. The number of aryl methyl sites for hydroxylation is 1. The maximum absolute atomic E-state index is 11.9. The second kappa shape index (κ2) is 8.13. The molecule has 120 valence electrons. The number of carbonyl (C=O) groups excluding carboxylic acids is 2. The number of esters is 1. The van der Waals surface area contributed by atoms with Gasteiger partial charge >= 0.3 is 5.97 Å². The molecular formula is C19H21NO3. The molecule has 0 aliphatic carbocycles. The van der Waals surface area contributed by atoms with Crippen LogP contribution in [0.3, 0.4) is 0 Å². The Morgan fingerprint density at radius 3 is 2.30 bits per heavy atom. The number of rotatable bonds is 6. The van der Waals surface area contributed by atoms with Crippen molar-refractivity contribution in [2.75, 3.05) is 6.61 Å². The molecular weight excluding hydrogens is 290 g/mol. The zero-order valence-electron chi connectivity index (χ0n) is 13.4. The van der Waals surface area contributed by atoms with Crippen molar-refractivity contribution in [3.63, 3.8) is 0 Å². The summed E-state index contributed by atoms with van der Waals surface area (Å²) >= 11 is 0. The molecule has 0 saturated carbocycles. The average molecular weight is 311 g/mol. The quantitative estimate of drug-likeness (QED) is 0.833. The van der Waals surface area contributed by atoms with Gasteiger partial charge in [0.2, 0.25) is 0 Å². The van der Waals surface area contributed by atoms with Crippen molar-refractivity contribution >= 4 is 11.9 Å². The summed E-state index contributed by atoms with van der Waals surface area (Å²) in [7, 11) is 0. The monoisotopic (exact) mass is 311 g/mol. The fraction of sp³-hybridized carbons (Fsp3) is 0.263. The van der Waals surface area contributed by atoms with Gasteiger partial charge in [-0.3, -0.25) is 4.79 Å². The van der Waals surface area contributed by atoms with Crippen LogP contribution in [-0.4, -0.2) is 18.5 Å². The Kier molecular flexibility index (Phi) is 5.92. The topological polar surface area (TPSA) is 55.4 Å². The zero-order chi connectivity index (χ0) is 16.7. The van der Waals surface area contributed by atoms with E-state index in [1.54, 1.807) is 12.1 Å². The molecule has 2 rings (SSSR count). The van der Waals surface area contributed by atoms with Crippen molar-refractivity contribution in [2.24, 2.45) is 0 Å². The van der Waals surface area contributed by atoms with Crippen molar-refractivity contribution in [3.05, 3.63) is 71.3 Å². The molecule has 0 unspecified atom stereocenters. The van der Waals surface area contributed by atoms with Gasteiger partial charge in [-0.05, 0) is 36.6 Å². The van der Waals surface area contributed by atoms with E-state index in [9.17, 15) is 9.59 Å². The lowest BCUT2D eigenvalue weighted by molar-refractivity contribution is -0.124. The van der Waals surface area contributed by atoms with E-state index in [1.165, 1.54) is 0 Å². The van der Waals surface area contributed by atoms with Crippen molar-refractivity contribution < 1.29 is 14.3 Å². The Balaban J connectivity index is 1.82. The van der Waals surface area contributed by atoms with Gasteiger partial charge in [0.25, 0.3) is 5.91 Å². The molecule has 1 amide bonds. The van der Waals surface area contributed by atoms with Crippen molar-refractivity contribution in [1.29, 1.82) is 0 Å². The molecule has 1 N–H and O–H groups in total. The van der Waals surface area contributed by atoms with Crippen molar-refractivity contribution in [1.82, 2.24) is 5.32 Å². The number of carbonyl (C=O) groups is 2. The van der Waals surface area contributed by atoms with Gasteiger partial charge in [0.05, 0.1) is 11.6 Å². The van der Waals surface area contributed by atoms with Crippen molar-refractivity contribution in [2.45, 2.75) is 26.3 Å². The lowest BCUT2D eigenvalue weighted by Crippen LogP contribution is -2.31. The summed E-state index contributed by atoms with van der Waals surface area (Å²) in [6.45, 7) is 3.65. The van der Waals surface area contributed by atoms with Crippen LogP contribution in [0, 0.1) is 0 Å². The predicted octanol–water partition coefficient (Wildman–Crippen LogP) is 3.28. The minimum Gasteiger partial charge on any atom is -0.452 e. The summed E-state index contributed by atoms with van der Waals surface area (Å²) in [5.41, 5.74) is 2.60. The minimum absolute atomic E-state index is 0.133. The van der Waals surface area contributed by atoms with Gasteiger partial charge in [0.1, 0.15) is 0 Å². The van der Waals surface area contributed by atoms with E-state index < -0.39 is 5.97 Å². The molecule has 0 heterocycles. The van der Waals surface area contributed by atoms with Gasteiger partial charge in [-0.25, -0.2) is 4.79 Å². The number of benzene rings is 2. The van der Waals surface area contributed by atoms with E-state index in [0.717, 1.165) is 17.5 Å². The zero-order valence-corrected chi connectivity index (χ0v) is 13.4. The largest absolute Gasteiger partial charge is 0.452 e. The van der Waals surface area contributed by atoms with Gasteiger partial charge in [0, 0.05) is 0 Å². The normalized spacial score (nSPS) is 11.6. The first-order chi connectivity index (χ1) is 11.1. The van der Waals surface area contributed by atoms with E-state index in [-0.39, 0.29) is 18.6 Å². The molecule has 0 aliphatic rings. The summed E-state index contributed by atoms with van der Waals surface area (Å²) in [4.78, 5) is 23.8. The average Bonchev–Trinajstić information content (AvgIpc) is 2.60. The Hall–Kier alpha value is -2.62. The molecule has 0 aromatic heterocycles. The third-order valence-electron chi connectivity index (χ3n) is 3.61. The first kappa shape index (κ1) is 16.7. The highest BCUT2D eigenvalue weighted by Gasteiger charge is 2.12. The number of hydrogen-bond donors (Lipinski definition) is 1. The molecule has 0 bridgehead atoms. The number of nitrogens with one attached hydrogen (secondary N) is 1. The maximum Gasteiger partial charge on any atom is 0.338 e. The van der Waals surface area contributed by atoms with Crippen LogP contribution in [0.1, 0.15) is 41.4 Å². The van der Waals surface area contributed by atoms with Crippen LogP contribution in [0.25, 0.3) is 0 Å². The third kappa shape index (κ3) is 4.95. The lowest BCUT2D eigenvalue weighted by atomic mass is 10.1. The predicted molar refractivity (Wildman–Crippen MR) is 89.1 cm³/mol. The highest BCUT2D eigenvalue weighted by atomic mass is 16.5. The molecule has 4 heteroatoms. The Bertz CT molecular complexity index is 650. The summed E-state index contributed by atoms with van der Waals surface area (Å²) < 4.78 is 5.05. The Morgan fingerprint density at radius 2 is 1.70 bits per heavy atom. The summed E-state index contributed by atoms with van der Waals surface area (Å²) in [5.74, 6) is -0.810. The van der Waals surface area contributed by atoms with Gasteiger partial charge in [0.15, 0.2) is 6.61 Å². The molecule has 2 aromatic rings. The fourth-order valence-corrected chi connectivity index (χ4v) is 2.20. The van der Waals surface area contributed by atoms with Crippen LogP contribution < -0.4 is 5.32 Å². The number of ether oxygens (including phenoxy) is 1. The van der Waals surface area contributed by atoms with E-state index in [1.807, 2.05) is 56.3 Å². The van der Waals surface area contributed by atoms with E-state index in [4.69, 9.17) is 4.74 Å². The molecule has 1 atom stereocenters. The Morgan fingerprint density at radius 1 is 1.04 bits per heavy atom. The van der Waals surface area contributed by atoms with Crippen LogP contribution >= 0.6 is 0 Å². The molecule has 23 heavy (non-hydrogen) atoms. The second-order valence-electron chi connectivity index (χ2n) is 5.33. The first-order valence-electron chi connectivity index (χ1n) is 7.70. The van der Waals surface area contributed by atoms with Crippen LogP contribution in [0.2, 0.25) is 0 Å². The number of hydrogen-bond acceptors (Lipinski definition) is 3. The molecule has 2 aromatic carbocycles. The van der Waals surface area contributed by atoms with Gasteiger partial charge < -0.3 is 10.1 Å². The highest BCUT2D eigenvalue weighted by Crippen LogP contribution is 2.11. The summed E-state index contributed by atoms with van der Waals surface area (Å²) in [6.07, 6.45) is 0.912. The SMILES string of the molecule is CCc1ccc(C(=O)OCC(=O)N[C@@H](C)c2ccccc2)cc1. The minimum atomic E-state index is -0.491. The van der Waals surface area contributed by atoms with Crippen LogP contribution in [-0.2, 0) is 16.0 Å². The van der Waals surface area contributed by atoms with E-state index >= 15 is 0 Å². The van der Waals surface area contributed by atoms with E-state index in [2.05, 4.69) is 5.32 Å². The molecule has 0 aliphatic heterocycles. The third-order valence-corrected chi connectivity index (χ3v) is 3.61. The van der Waals surface area contributed by atoms with Gasteiger partial charge in [-0.2, -0.15) is 0 Å². The first-order valence-corrected chi connectivity index (χ1v) is 7.70. The van der Waals surface area contributed by atoms with Crippen LogP contribution in [0.5, 0.6) is 0 Å². The second-order valence-corrected chi connectivity index (χ2v) is 5.33. The van der Waals surface area contributed by atoms with Crippen molar-refractivity contribution in [3.8, 4) is 0 Å². The van der Waals surface area contributed by atoms with Gasteiger partial charge in [-0.1, -0.05) is 49.4 Å². The summed E-state index contributed by atoms with van der Waals surface area (Å²) in [5, 5.41) is 2.81. The smallest absolute Gasteiger partial charge is 0.338 e.